The normalized spacial score (nSPS) is 24.9. The molecule has 0 bridgehead atoms. The van der Waals surface area contributed by atoms with Crippen molar-refractivity contribution >= 4 is 23.5 Å². The first-order valence-electron chi connectivity index (χ1n) is 11.1. The number of fused-ring (bicyclic) bond motifs is 1. The van der Waals surface area contributed by atoms with Crippen LogP contribution in [0.5, 0.6) is 5.75 Å². The molecule has 2 spiro atoms. The van der Waals surface area contributed by atoms with Gasteiger partial charge in [0.2, 0.25) is 11.8 Å². The van der Waals surface area contributed by atoms with E-state index in [-0.39, 0.29) is 23.3 Å². The predicted octanol–water partition coefficient (Wildman–Crippen LogP) is 2.41. The number of nitrogens with zero attached hydrogens (tertiary/aromatic N) is 3. The van der Waals surface area contributed by atoms with Crippen LogP contribution in [0.1, 0.15) is 33.1 Å². The zero-order chi connectivity index (χ0) is 22.2. The fourth-order valence-electron chi connectivity index (χ4n) is 5.74. The molecule has 3 fully saturated rings. The number of rotatable bonds is 3. The highest BCUT2D eigenvalue weighted by atomic mass is 16.5. The van der Waals surface area contributed by atoms with E-state index >= 15 is 0 Å². The molecule has 3 aliphatic rings. The average molecular weight is 429 g/mol. The number of benzene rings is 1. The minimum atomic E-state index is -0.510. The Morgan fingerprint density at radius 1 is 1.10 bits per heavy atom. The number of urea groups is 1. The highest BCUT2D eigenvalue weighted by Crippen LogP contribution is 2.57. The Balaban J connectivity index is 1.49. The number of likely N-dealkylation sites (tertiary alicyclic amines) is 3. The Morgan fingerprint density at radius 2 is 1.84 bits per heavy atom. The first-order valence-corrected chi connectivity index (χ1v) is 11.1. The Bertz CT molecular complexity index is 880. The topological polar surface area (TPSA) is 82.2 Å². The molecule has 0 radical (unpaired) electrons. The molecular formula is C23H32N4O4. The third-order valence-electron chi connectivity index (χ3n) is 7.63. The van der Waals surface area contributed by atoms with E-state index in [1.54, 1.807) is 20.1 Å². The largest absolute Gasteiger partial charge is 0.497 e. The lowest BCUT2D eigenvalue weighted by atomic mass is 9.60. The van der Waals surface area contributed by atoms with Crippen LogP contribution in [0.25, 0.3) is 0 Å². The molecule has 8 heteroatoms. The number of nitrogens with one attached hydrogen (secondary N) is 1. The maximum absolute atomic E-state index is 13.4. The van der Waals surface area contributed by atoms with Crippen molar-refractivity contribution < 1.29 is 19.1 Å². The number of amides is 4. The van der Waals surface area contributed by atoms with Crippen LogP contribution >= 0.6 is 0 Å². The quantitative estimate of drug-likeness (QED) is 0.802. The molecule has 168 valence electrons. The molecule has 0 unspecified atom stereocenters. The molecule has 4 rings (SSSR count). The fourth-order valence-corrected chi connectivity index (χ4v) is 5.74. The first kappa shape index (κ1) is 21.5. The van der Waals surface area contributed by atoms with Crippen LogP contribution < -0.4 is 10.1 Å². The molecule has 3 heterocycles. The van der Waals surface area contributed by atoms with E-state index < -0.39 is 5.41 Å². The van der Waals surface area contributed by atoms with Gasteiger partial charge in [-0.1, -0.05) is 6.07 Å². The molecule has 31 heavy (non-hydrogen) atoms. The summed E-state index contributed by atoms with van der Waals surface area (Å²) < 4.78 is 5.22. The molecule has 8 nitrogen and oxygen atoms in total. The SMILES string of the molecule is CCN1CC[C@]2(CN(C(C)=O)CC23CCN(C(=O)Nc2cccc(OC)c2)CC3)C1=O. The zero-order valence-corrected chi connectivity index (χ0v) is 18.6. The van der Waals surface area contributed by atoms with Gasteiger partial charge in [0, 0.05) is 63.4 Å². The summed E-state index contributed by atoms with van der Waals surface area (Å²) in [5.41, 5.74) is -0.0782. The third-order valence-corrected chi connectivity index (χ3v) is 7.63. The monoisotopic (exact) mass is 428 g/mol. The number of anilines is 1. The van der Waals surface area contributed by atoms with Crippen LogP contribution in [0, 0.1) is 10.8 Å². The number of carbonyl (C=O) groups is 3. The van der Waals surface area contributed by atoms with E-state index in [1.165, 1.54) is 0 Å². The Morgan fingerprint density at radius 3 is 2.45 bits per heavy atom. The first-order chi connectivity index (χ1) is 14.8. The van der Waals surface area contributed by atoms with Gasteiger partial charge in [-0.15, -0.1) is 0 Å². The van der Waals surface area contributed by atoms with Crippen molar-refractivity contribution in [2.45, 2.75) is 33.1 Å². The number of hydrogen-bond acceptors (Lipinski definition) is 4. The molecule has 1 aromatic carbocycles. The van der Waals surface area contributed by atoms with Crippen molar-refractivity contribution in [3.63, 3.8) is 0 Å². The number of ether oxygens (including phenoxy) is 1. The van der Waals surface area contributed by atoms with Crippen LogP contribution in [0.15, 0.2) is 24.3 Å². The molecule has 3 aliphatic heterocycles. The van der Waals surface area contributed by atoms with E-state index in [4.69, 9.17) is 4.74 Å². The van der Waals surface area contributed by atoms with Gasteiger partial charge in [-0.3, -0.25) is 9.59 Å². The summed E-state index contributed by atoms with van der Waals surface area (Å²) in [7, 11) is 1.59. The van der Waals surface area contributed by atoms with Gasteiger partial charge in [-0.05, 0) is 38.3 Å². The van der Waals surface area contributed by atoms with Gasteiger partial charge < -0.3 is 24.8 Å². The van der Waals surface area contributed by atoms with Gasteiger partial charge >= 0.3 is 6.03 Å². The number of carbonyl (C=O) groups excluding carboxylic acids is 3. The fraction of sp³-hybridized carbons (Fsp3) is 0.609. The predicted molar refractivity (Wildman–Crippen MR) is 117 cm³/mol. The highest BCUT2D eigenvalue weighted by molar-refractivity contribution is 5.90. The van der Waals surface area contributed by atoms with E-state index in [0.29, 0.717) is 44.2 Å². The van der Waals surface area contributed by atoms with Gasteiger partial charge in [0.25, 0.3) is 0 Å². The van der Waals surface area contributed by atoms with E-state index in [0.717, 1.165) is 25.8 Å². The summed E-state index contributed by atoms with van der Waals surface area (Å²) in [5, 5.41) is 2.95. The standard InChI is InChI=1S/C23H32N4O4/c1-4-25-13-10-23(20(25)29)16-27(17(2)28)15-22(23)8-11-26(12-9-22)21(30)24-18-6-5-7-19(14-18)31-3/h5-7,14H,4,8-13,15-16H2,1-3H3,(H,24,30)/t23-/m0/s1. The molecule has 0 aliphatic carbocycles. The van der Waals surface area contributed by atoms with Crippen molar-refractivity contribution in [3.05, 3.63) is 24.3 Å². The summed E-state index contributed by atoms with van der Waals surface area (Å²) in [6.45, 7) is 7.30. The lowest BCUT2D eigenvalue weighted by Crippen LogP contribution is -2.54. The molecule has 1 N–H and O–H groups in total. The zero-order valence-electron chi connectivity index (χ0n) is 18.6. The Kier molecular flexibility index (Phi) is 5.58. The summed E-state index contributed by atoms with van der Waals surface area (Å²) in [4.78, 5) is 44.1. The molecule has 1 atom stereocenters. The minimum Gasteiger partial charge on any atom is -0.497 e. The van der Waals surface area contributed by atoms with Crippen molar-refractivity contribution in [2.75, 3.05) is 51.7 Å². The summed E-state index contributed by atoms with van der Waals surface area (Å²) in [6.07, 6.45) is 2.25. The maximum Gasteiger partial charge on any atom is 0.321 e. The number of piperidine rings is 1. The van der Waals surface area contributed by atoms with E-state index in [1.807, 2.05) is 39.8 Å². The van der Waals surface area contributed by atoms with Crippen LogP contribution in [0.2, 0.25) is 0 Å². The summed E-state index contributed by atoms with van der Waals surface area (Å²) in [6, 6.07) is 7.14. The van der Waals surface area contributed by atoms with Crippen LogP contribution in [0.3, 0.4) is 0 Å². The van der Waals surface area contributed by atoms with Crippen molar-refractivity contribution in [1.29, 1.82) is 0 Å². The Hall–Kier alpha value is -2.77. The highest BCUT2D eigenvalue weighted by Gasteiger charge is 2.65. The Labute approximate surface area is 183 Å². The molecule has 0 aromatic heterocycles. The number of hydrogen-bond donors (Lipinski definition) is 1. The van der Waals surface area contributed by atoms with Crippen molar-refractivity contribution in [1.82, 2.24) is 14.7 Å². The maximum atomic E-state index is 13.4. The lowest BCUT2D eigenvalue weighted by molar-refractivity contribution is -0.141. The molecule has 4 amide bonds. The summed E-state index contributed by atoms with van der Waals surface area (Å²) in [5.74, 6) is 0.901. The summed E-state index contributed by atoms with van der Waals surface area (Å²) >= 11 is 0. The van der Waals surface area contributed by atoms with Crippen LogP contribution in [-0.4, -0.2) is 78.9 Å². The molecule has 0 saturated carbocycles. The van der Waals surface area contributed by atoms with Gasteiger partial charge in [-0.2, -0.15) is 0 Å². The minimum absolute atomic E-state index is 0.0252. The van der Waals surface area contributed by atoms with Gasteiger partial charge in [-0.25, -0.2) is 4.79 Å². The van der Waals surface area contributed by atoms with Gasteiger partial charge in [0.15, 0.2) is 0 Å². The molecule has 1 aromatic rings. The van der Waals surface area contributed by atoms with E-state index in [9.17, 15) is 14.4 Å². The van der Waals surface area contributed by atoms with Gasteiger partial charge in [0.05, 0.1) is 12.5 Å². The van der Waals surface area contributed by atoms with Crippen LogP contribution in [0.4, 0.5) is 10.5 Å². The second-order valence-electron chi connectivity index (χ2n) is 9.02. The van der Waals surface area contributed by atoms with Crippen LogP contribution in [-0.2, 0) is 9.59 Å². The number of methoxy groups -OCH3 is 1. The second-order valence-corrected chi connectivity index (χ2v) is 9.02. The third kappa shape index (κ3) is 3.51. The van der Waals surface area contributed by atoms with Crippen molar-refractivity contribution in [2.24, 2.45) is 10.8 Å². The second kappa shape index (κ2) is 8.05. The molecule has 3 saturated heterocycles. The smallest absolute Gasteiger partial charge is 0.321 e. The van der Waals surface area contributed by atoms with Gasteiger partial charge in [0.1, 0.15) is 5.75 Å². The van der Waals surface area contributed by atoms with Crippen molar-refractivity contribution in [3.8, 4) is 5.75 Å². The molecular weight excluding hydrogens is 396 g/mol. The average Bonchev–Trinajstić information content (AvgIpc) is 3.27. The lowest BCUT2D eigenvalue weighted by Gasteiger charge is -2.46. The van der Waals surface area contributed by atoms with E-state index in [2.05, 4.69) is 5.32 Å².